The van der Waals surface area contributed by atoms with Crippen molar-refractivity contribution < 1.29 is 4.79 Å². The highest BCUT2D eigenvalue weighted by Crippen LogP contribution is 2.10. The van der Waals surface area contributed by atoms with Gasteiger partial charge in [-0.3, -0.25) is 4.79 Å². The van der Waals surface area contributed by atoms with Crippen LogP contribution in [0.15, 0.2) is 48.5 Å². The Balaban J connectivity index is 2.05. The Kier molecular flexibility index (Phi) is 5.57. The molecule has 0 aliphatic carbocycles. The first-order valence-corrected chi connectivity index (χ1v) is 8.19. The van der Waals surface area contributed by atoms with Crippen molar-refractivity contribution in [1.82, 2.24) is 5.32 Å². The minimum atomic E-state index is -0.0119. The van der Waals surface area contributed by atoms with Gasteiger partial charge in [0.1, 0.15) is 0 Å². The van der Waals surface area contributed by atoms with E-state index in [0.717, 1.165) is 28.4 Å². The van der Waals surface area contributed by atoms with E-state index in [-0.39, 0.29) is 11.9 Å². The summed E-state index contributed by atoms with van der Waals surface area (Å²) in [6, 6.07) is 16.2. The summed E-state index contributed by atoms with van der Waals surface area (Å²) in [7, 11) is 0. The number of benzene rings is 2. The Morgan fingerprint density at radius 1 is 1.10 bits per heavy atom. The molecule has 110 valence electrons. The van der Waals surface area contributed by atoms with Crippen LogP contribution in [0.1, 0.15) is 27.0 Å². The summed E-state index contributed by atoms with van der Waals surface area (Å²) >= 11 is 3.49. The van der Waals surface area contributed by atoms with E-state index in [2.05, 4.69) is 39.4 Å². The molecule has 2 nitrogen and oxygen atoms in total. The number of alkyl halides is 1. The molecule has 1 unspecified atom stereocenters. The third kappa shape index (κ3) is 4.71. The molecule has 0 bridgehead atoms. The average molecular weight is 346 g/mol. The zero-order chi connectivity index (χ0) is 15.2. The Labute approximate surface area is 134 Å². The molecule has 2 aromatic rings. The van der Waals surface area contributed by atoms with E-state index in [0.29, 0.717) is 0 Å². The third-order valence-corrected chi connectivity index (χ3v) is 4.11. The molecular formula is C18H20BrNO. The zero-order valence-electron chi connectivity index (χ0n) is 12.4. The van der Waals surface area contributed by atoms with E-state index >= 15 is 0 Å². The summed E-state index contributed by atoms with van der Waals surface area (Å²) in [4.78, 5) is 12.4. The SMILES string of the molecule is Cc1cc(C)cc(C(=O)NC(CBr)Cc2ccccc2)c1. The summed E-state index contributed by atoms with van der Waals surface area (Å²) in [5, 5.41) is 3.83. The summed E-state index contributed by atoms with van der Waals surface area (Å²) in [6.07, 6.45) is 0.822. The van der Waals surface area contributed by atoms with Crippen molar-refractivity contribution in [3.05, 3.63) is 70.8 Å². The maximum atomic E-state index is 12.4. The molecule has 21 heavy (non-hydrogen) atoms. The van der Waals surface area contributed by atoms with Crippen molar-refractivity contribution >= 4 is 21.8 Å². The van der Waals surface area contributed by atoms with Crippen molar-refractivity contribution in [2.75, 3.05) is 5.33 Å². The number of amides is 1. The standard InChI is InChI=1S/C18H20BrNO/c1-13-8-14(2)10-16(9-13)18(21)20-17(12-19)11-15-6-4-3-5-7-15/h3-10,17H,11-12H2,1-2H3,(H,20,21). The average Bonchev–Trinajstić information content (AvgIpc) is 2.46. The first-order valence-electron chi connectivity index (χ1n) is 7.07. The van der Waals surface area contributed by atoms with Gasteiger partial charge in [0.05, 0.1) is 0 Å². The van der Waals surface area contributed by atoms with Crippen LogP contribution < -0.4 is 5.32 Å². The van der Waals surface area contributed by atoms with Crippen LogP contribution >= 0.6 is 15.9 Å². The Morgan fingerprint density at radius 2 is 1.71 bits per heavy atom. The van der Waals surface area contributed by atoms with E-state index in [1.54, 1.807) is 0 Å². The fraction of sp³-hybridized carbons (Fsp3) is 0.278. The second-order valence-electron chi connectivity index (χ2n) is 5.39. The van der Waals surface area contributed by atoms with Crippen LogP contribution in [0, 0.1) is 13.8 Å². The fourth-order valence-electron chi connectivity index (χ4n) is 2.42. The van der Waals surface area contributed by atoms with Crippen molar-refractivity contribution in [3.8, 4) is 0 Å². The molecule has 0 aromatic heterocycles. The van der Waals surface area contributed by atoms with Gasteiger partial charge in [0.25, 0.3) is 5.91 Å². The fourth-order valence-corrected chi connectivity index (χ4v) is 2.81. The number of carbonyl (C=O) groups excluding carboxylic acids is 1. The van der Waals surface area contributed by atoms with Gasteiger partial charge in [-0.2, -0.15) is 0 Å². The molecule has 0 spiro atoms. The monoisotopic (exact) mass is 345 g/mol. The van der Waals surface area contributed by atoms with Crippen LogP contribution in [0.2, 0.25) is 0 Å². The molecule has 0 heterocycles. The number of aryl methyl sites for hydroxylation is 2. The molecule has 0 saturated heterocycles. The van der Waals surface area contributed by atoms with E-state index < -0.39 is 0 Å². The van der Waals surface area contributed by atoms with E-state index in [4.69, 9.17) is 0 Å². The molecule has 3 heteroatoms. The third-order valence-electron chi connectivity index (χ3n) is 3.33. The normalized spacial score (nSPS) is 12.0. The number of carbonyl (C=O) groups is 1. The molecule has 0 fully saturated rings. The van der Waals surface area contributed by atoms with Gasteiger partial charge in [-0.25, -0.2) is 0 Å². The number of rotatable bonds is 5. The van der Waals surface area contributed by atoms with Crippen molar-refractivity contribution in [2.45, 2.75) is 26.3 Å². The lowest BCUT2D eigenvalue weighted by Gasteiger charge is -2.17. The summed E-state index contributed by atoms with van der Waals surface area (Å²) in [5.41, 5.74) is 4.17. The van der Waals surface area contributed by atoms with Crippen molar-refractivity contribution in [1.29, 1.82) is 0 Å². The summed E-state index contributed by atoms with van der Waals surface area (Å²) in [5.74, 6) is -0.0119. The van der Waals surface area contributed by atoms with E-state index in [9.17, 15) is 4.79 Å². The molecule has 1 N–H and O–H groups in total. The highest BCUT2D eigenvalue weighted by atomic mass is 79.9. The highest BCUT2D eigenvalue weighted by Gasteiger charge is 2.13. The van der Waals surface area contributed by atoms with Gasteiger partial charge < -0.3 is 5.32 Å². The Hall–Kier alpha value is -1.61. The topological polar surface area (TPSA) is 29.1 Å². The zero-order valence-corrected chi connectivity index (χ0v) is 14.0. The molecular weight excluding hydrogens is 326 g/mol. The highest BCUT2D eigenvalue weighted by molar-refractivity contribution is 9.09. The lowest BCUT2D eigenvalue weighted by atomic mass is 10.0. The van der Waals surface area contributed by atoms with Gasteiger partial charge in [0, 0.05) is 16.9 Å². The van der Waals surface area contributed by atoms with Crippen LogP contribution in [0.3, 0.4) is 0 Å². The van der Waals surface area contributed by atoms with Crippen LogP contribution in [-0.2, 0) is 6.42 Å². The van der Waals surface area contributed by atoms with Gasteiger partial charge in [-0.15, -0.1) is 0 Å². The predicted octanol–water partition coefficient (Wildman–Crippen LogP) is 4.04. The maximum Gasteiger partial charge on any atom is 0.251 e. The van der Waals surface area contributed by atoms with E-state index in [1.165, 1.54) is 5.56 Å². The van der Waals surface area contributed by atoms with Crippen molar-refractivity contribution in [2.24, 2.45) is 0 Å². The Morgan fingerprint density at radius 3 is 2.29 bits per heavy atom. The van der Waals surface area contributed by atoms with Gasteiger partial charge in [-0.1, -0.05) is 63.5 Å². The van der Waals surface area contributed by atoms with Gasteiger partial charge in [0.2, 0.25) is 0 Å². The maximum absolute atomic E-state index is 12.4. The number of halogens is 1. The minimum Gasteiger partial charge on any atom is -0.348 e. The van der Waals surface area contributed by atoms with Crippen LogP contribution in [0.5, 0.6) is 0 Å². The largest absolute Gasteiger partial charge is 0.348 e. The molecule has 0 saturated carbocycles. The van der Waals surface area contributed by atoms with Gasteiger partial charge in [-0.05, 0) is 38.0 Å². The lowest BCUT2D eigenvalue weighted by Crippen LogP contribution is -2.37. The summed E-state index contributed by atoms with van der Waals surface area (Å²) < 4.78 is 0. The minimum absolute atomic E-state index is 0.0119. The molecule has 2 rings (SSSR count). The Bertz CT molecular complexity index is 590. The number of hydrogen-bond acceptors (Lipinski definition) is 1. The van der Waals surface area contributed by atoms with Crippen LogP contribution in [0.25, 0.3) is 0 Å². The van der Waals surface area contributed by atoms with Gasteiger partial charge in [0.15, 0.2) is 0 Å². The smallest absolute Gasteiger partial charge is 0.251 e. The molecule has 1 amide bonds. The predicted molar refractivity (Wildman–Crippen MR) is 91.1 cm³/mol. The molecule has 0 radical (unpaired) electrons. The van der Waals surface area contributed by atoms with Crippen LogP contribution in [0.4, 0.5) is 0 Å². The van der Waals surface area contributed by atoms with Crippen LogP contribution in [-0.4, -0.2) is 17.3 Å². The first-order chi connectivity index (χ1) is 10.1. The summed E-state index contributed by atoms with van der Waals surface area (Å²) in [6.45, 7) is 4.02. The first kappa shape index (κ1) is 15.8. The number of hydrogen-bond donors (Lipinski definition) is 1. The second kappa shape index (κ2) is 7.41. The molecule has 2 aromatic carbocycles. The molecule has 0 aliphatic heterocycles. The number of nitrogens with one attached hydrogen (secondary N) is 1. The second-order valence-corrected chi connectivity index (χ2v) is 6.04. The van der Waals surface area contributed by atoms with E-state index in [1.807, 2.05) is 44.2 Å². The lowest BCUT2D eigenvalue weighted by molar-refractivity contribution is 0.0941. The molecule has 0 aliphatic rings. The quantitative estimate of drug-likeness (QED) is 0.814. The van der Waals surface area contributed by atoms with Crippen molar-refractivity contribution in [3.63, 3.8) is 0 Å². The molecule has 1 atom stereocenters. The van der Waals surface area contributed by atoms with Gasteiger partial charge >= 0.3 is 0 Å².